The molecule has 1 atom stereocenters. The van der Waals surface area contributed by atoms with Crippen LogP contribution in [0.4, 0.5) is 0 Å². The fraction of sp³-hybridized carbons (Fsp3) is 0.333. The monoisotopic (exact) mass is 265 g/mol. The third-order valence-electron chi connectivity index (χ3n) is 2.59. The molecule has 7 nitrogen and oxygen atoms in total. The van der Waals surface area contributed by atoms with Crippen LogP contribution in [0.5, 0.6) is 11.5 Å². The smallest absolute Gasteiger partial charge is 0.257 e. The molecule has 0 saturated carbocycles. The minimum atomic E-state index is -0.957. The standard InChI is InChI=1S/C12H15N3O4/c1-17-9-4-3-7(5-10(9)18-2)11-14-12(19-15-11)8(16)6-13/h3-5,8,16H,6,13H2,1-2H3/t8-/m0/s1. The highest BCUT2D eigenvalue weighted by Gasteiger charge is 2.16. The van der Waals surface area contributed by atoms with Gasteiger partial charge in [-0.3, -0.25) is 0 Å². The van der Waals surface area contributed by atoms with E-state index in [-0.39, 0.29) is 12.4 Å². The molecule has 1 aromatic heterocycles. The molecule has 2 rings (SSSR count). The quantitative estimate of drug-likeness (QED) is 0.821. The SMILES string of the molecule is COc1ccc(-c2noc([C@@H](O)CN)n2)cc1OC. The molecule has 0 aliphatic heterocycles. The molecule has 0 amide bonds. The Morgan fingerprint density at radius 2 is 2.05 bits per heavy atom. The number of rotatable bonds is 5. The lowest BCUT2D eigenvalue weighted by molar-refractivity contribution is 0.141. The molecule has 0 aliphatic carbocycles. The van der Waals surface area contributed by atoms with Crippen LogP contribution in [0.2, 0.25) is 0 Å². The molecule has 0 unspecified atom stereocenters. The van der Waals surface area contributed by atoms with Crippen molar-refractivity contribution in [3.63, 3.8) is 0 Å². The summed E-state index contributed by atoms with van der Waals surface area (Å²) in [6, 6.07) is 5.23. The summed E-state index contributed by atoms with van der Waals surface area (Å²) in [4.78, 5) is 4.08. The van der Waals surface area contributed by atoms with E-state index in [9.17, 15) is 5.11 Å². The van der Waals surface area contributed by atoms with Gasteiger partial charge in [-0.2, -0.15) is 4.98 Å². The lowest BCUT2D eigenvalue weighted by Gasteiger charge is -2.07. The second-order valence-electron chi connectivity index (χ2n) is 3.78. The van der Waals surface area contributed by atoms with E-state index in [4.69, 9.17) is 19.7 Å². The Morgan fingerprint density at radius 1 is 1.32 bits per heavy atom. The zero-order chi connectivity index (χ0) is 13.8. The zero-order valence-electron chi connectivity index (χ0n) is 10.7. The van der Waals surface area contributed by atoms with Crippen LogP contribution in [-0.4, -0.2) is 36.0 Å². The maximum absolute atomic E-state index is 9.51. The normalized spacial score (nSPS) is 12.2. The number of aliphatic hydroxyl groups excluding tert-OH is 1. The largest absolute Gasteiger partial charge is 0.493 e. The Balaban J connectivity index is 2.34. The number of aromatic nitrogens is 2. The first kappa shape index (κ1) is 13.3. The molecule has 0 bridgehead atoms. The van der Waals surface area contributed by atoms with Gasteiger partial charge in [-0.15, -0.1) is 0 Å². The average molecular weight is 265 g/mol. The van der Waals surface area contributed by atoms with Gasteiger partial charge in [-0.05, 0) is 18.2 Å². The molecule has 102 valence electrons. The minimum absolute atomic E-state index is 0.0214. The zero-order valence-corrected chi connectivity index (χ0v) is 10.7. The summed E-state index contributed by atoms with van der Waals surface area (Å²) in [6.45, 7) is 0.0214. The first-order valence-corrected chi connectivity index (χ1v) is 5.63. The van der Waals surface area contributed by atoms with Gasteiger partial charge in [0.05, 0.1) is 14.2 Å². The van der Waals surface area contributed by atoms with Gasteiger partial charge in [0.2, 0.25) is 5.82 Å². The van der Waals surface area contributed by atoms with Crippen LogP contribution in [0.1, 0.15) is 12.0 Å². The predicted octanol–water partition coefficient (Wildman–Crippen LogP) is 0.746. The summed E-state index contributed by atoms with van der Waals surface area (Å²) in [5, 5.41) is 13.3. The van der Waals surface area contributed by atoms with Crippen LogP contribution in [0.3, 0.4) is 0 Å². The van der Waals surface area contributed by atoms with Crippen LogP contribution < -0.4 is 15.2 Å². The first-order chi connectivity index (χ1) is 9.19. The van der Waals surface area contributed by atoms with Gasteiger partial charge in [-0.1, -0.05) is 5.16 Å². The lowest BCUT2D eigenvalue weighted by Crippen LogP contribution is -2.11. The summed E-state index contributed by atoms with van der Waals surface area (Å²) in [6.07, 6.45) is -0.957. The third-order valence-corrected chi connectivity index (χ3v) is 2.59. The second-order valence-corrected chi connectivity index (χ2v) is 3.78. The van der Waals surface area contributed by atoms with Crippen molar-refractivity contribution in [1.29, 1.82) is 0 Å². The van der Waals surface area contributed by atoms with Crippen LogP contribution in [-0.2, 0) is 0 Å². The molecular weight excluding hydrogens is 250 g/mol. The second kappa shape index (κ2) is 5.68. The number of methoxy groups -OCH3 is 2. The molecule has 0 spiro atoms. The van der Waals surface area contributed by atoms with Gasteiger partial charge in [0.15, 0.2) is 11.5 Å². The van der Waals surface area contributed by atoms with Crippen LogP contribution in [0.25, 0.3) is 11.4 Å². The predicted molar refractivity (Wildman–Crippen MR) is 66.9 cm³/mol. The summed E-state index contributed by atoms with van der Waals surface area (Å²) < 4.78 is 15.3. The van der Waals surface area contributed by atoms with Gasteiger partial charge in [0, 0.05) is 12.1 Å². The highest BCUT2D eigenvalue weighted by atomic mass is 16.5. The summed E-state index contributed by atoms with van der Waals surface area (Å²) in [5.74, 6) is 1.61. The van der Waals surface area contributed by atoms with E-state index >= 15 is 0 Å². The number of hydrogen-bond donors (Lipinski definition) is 2. The van der Waals surface area contributed by atoms with E-state index in [0.29, 0.717) is 22.9 Å². The number of ether oxygens (including phenoxy) is 2. The van der Waals surface area contributed by atoms with Crippen molar-refractivity contribution >= 4 is 0 Å². The average Bonchev–Trinajstić information content (AvgIpc) is 2.95. The van der Waals surface area contributed by atoms with Crippen molar-refractivity contribution in [3.05, 3.63) is 24.1 Å². The van der Waals surface area contributed by atoms with E-state index in [1.807, 2.05) is 0 Å². The van der Waals surface area contributed by atoms with E-state index in [2.05, 4.69) is 10.1 Å². The highest BCUT2D eigenvalue weighted by Crippen LogP contribution is 2.31. The molecule has 1 heterocycles. The summed E-state index contributed by atoms with van der Waals surface area (Å²) in [7, 11) is 3.10. The fourth-order valence-electron chi connectivity index (χ4n) is 1.56. The van der Waals surface area contributed by atoms with Crippen LogP contribution in [0.15, 0.2) is 22.7 Å². The van der Waals surface area contributed by atoms with Crippen molar-refractivity contribution < 1.29 is 19.1 Å². The van der Waals surface area contributed by atoms with E-state index in [1.165, 1.54) is 0 Å². The van der Waals surface area contributed by atoms with Crippen LogP contribution >= 0.6 is 0 Å². The number of nitrogens with two attached hydrogens (primary N) is 1. The number of hydrogen-bond acceptors (Lipinski definition) is 7. The van der Waals surface area contributed by atoms with Crippen molar-refractivity contribution in [2.45, 2.75) is 6.10 Å². The molecule has 19 heavy (non-hydrogen) atoms. The number of nitrogens with zero attached hydrogens (tertiary/aromatic N) is 2. The highest BCUT2D eigenvalue weighted by molar-refractivity contribution is 5.60. The number of benzene rings is 1. The maximum Gasteiger partial charge on any atom is 0.257 e. The Morgan fingerprint density at radius 3 is 2.68 bits per heavy atom. The Labute approximate surface area is 109 Å². The van der Waals surface area contributed by atoms with Crippen molar-refractivity contribution in [3.8, 4) is 22.9 Å². The lowest BCUT2D eigenvalue weighted by atomic mass is 10.2. The topological polar surface area (TPSA) is 104 Å². The Bertz CT molecular complexity index is 556. The van der Waals surface area contributed by atoms with Crippen molar-refractivity contribution in [1.82, 2.24) is 10.1 Å². The molecule has 0 saturated heterocycles. The summed E-state index contributed by atoms with van der Waals surface area (Å²) in [5.41, 5.74) is 6.01. The maximum atomic E-state index is 9.51. The van der Waals surface area contributed by atoms with E-state index in [1.54, 1.807) is 32.4 Å². The van der Waals surface area contributed by atoms with Crippen molar-refractivity contribution in [2.75, 3.05) is 20.8 Å². The van der Waals surface area contributed by atoms with Crippen molar-refractivity contribution in [2.24, 2.45) is 5.73 Å². The number of aliphatic hydroxyl groups is 1. The third kappa shape index (κ3) is 2.67. The first-order valence-electron chi connectivity index (χ1n) is 5.63. The molecule has 7 heteroatoms. The Kier molecular flexibility index (Phi) is 3.98. The molecule has 0 aliphatic rings. The fourth-order valence-corrected chi connectivity index (χ4v) is 1.56. The van der Waals surface area contributed by atoms with Gasteiger partial charge in [0.25, 0.3) is 5.89 Å². The van der Waals surface area contributed by atoms with Gasteiger partial charge in [0.1, 0.15) is 6.10 Å². The van der Waals surface area contributed by atoms with Crippen LogP contribution in [0, 0.1) is 0 Å². The minimum Gasteiger partial charge on any atom is -0.493 e. The molecular formula is C12H15N3O4. The molecule has 0 radical (unpaired) electrons. The van der Waals surface area contributed by atoms with Gasteiger partial charge in [-0.25, -0.2) is 0 Å². The van der Waals surface area contributed by atoms with Gasteiger partial charge >= 0.3 is 0 Å². The molecule has 0 fully saturated rings. The summed E-state index contributed by atoms with van der Waals surface area (Å²) >= 11 is 0. The molecule has 1 aromatic carbocycles. The van der Waals surface area contributed by atoms with Gasteiger partial charge < -0.3 is 24.8 Å². The van der Waals surface area contributed by atoms with E-state index in [0.717, 1.165) is 0 Å². The Hall–Kier alpha value is -2.12. The van der Waals surface area contributed by atoms with E-state index < -0.39 is 6.10 Å². The molecule has 3 N–H and O–H groups in total. The molecule has 2 aromatic rings.